The van der Waals surface area contributed by atoms with E-state index >= 15 is 0 Å². The summed E-state index contributed by atoms with van der Waals surface area (Å²) in [4.78, 5) is 44.2. The Hall–Kier alpha value is -3.37. The Labute approximate surface area is 248 Å². The van der Waals surface area contributed by atoms with Gasteiger partial charge in [-0.05, 0) is 35.9 Å². The van der Waals surface area contributed by atoms with Crippen LogP contribution in [0.1, 0.15) is 49.8 Å². The first-order chi connectivity index (χ1) is 19.4. The molecule has 2 aromatic carbocycles. The molecule has 2 aliphatic heterocycles. The third-order valence-electron chi connectivity index (χ3n) is 7.37. The van der Waals surface area contributed by atoms with Crippen LogP contribution in [-0.4, -0.2) is 75.8 Å². The standard InChI is InChI=1S/C30H33ClFN5O3S/c1-19(38)34-11-13-35(14-12-34)24(39)17-36-25(40)18-41-27(20-7-5-9-22(32)15-20)26-28(30(2,3)4)33-37(29(26)36)23-10-6-8-21(31)16-23/h5-10,15-16,27H,11-14,17-18H2,1-4H3/t27-/m0/s1. The van der Waals surface area contributed by atoms with Crippen molar-refractivity contribution >= 4 is 46.9 Å². The van der Waals surface area contributed by atoms with Gasteiger partial charge in [-0.3, -0.25) is 19.3 Å². The highest BCUT2D eigenvalue weighted by Crippen LogP contribution is 2.48. The monoisotopic (exact) mass is 597 g/mol. The Morgan fingerprint density at radius 1 is 1.05 bits per heavy atom. The Morgan fingerprint density at radius 3 is 2.37 bits per heavy atom. The highest BCUT2D eigenvalue weighted by atomic mass is 35.5. The molecule has 41 heavy (non-hydrogen) atoms. The average molecular weight is 598 g/mol. The van der Waals surface area contributed by atoms with Crippen molar-refractivity contribution in [3.8, 4) is 5.69 Å². The molecule has 8 nitrogen and oxygen atoms in total. The predicted molar refractivity (Wildman–Crippen MR) is 159 cm³/mol. The lowest BCUT2D eigenvalue weighted by molar-refractivity contribution is -0.137. The van der Waals surface area contributed by atoms with Crippen LogP contribution in [0.3, 0.4) is 0 Å². The molecule has 11 heteroatoms. The number of hydrogen-bond donors (Lipinski definition) is 0. The zero-order valence-electron chi connectivity index (χ0n) is 23.6. The molecule has 3 heterocycles. The zero-order chi connectivity index (χ0) is 29.5. The molecule has 0 unspecified atom stereocenters. The van der Waals surface area contributed by atoms with Gasteiger partial charge >= 0.3 is 0 Å². The number of fused-ring (bicyclic) bond motifs is 1. The molecule has 0 radical (unpaired) electrons. The molecule has 1 atom stereocenters. The number of piperazine rings is 1. The minimum atomic E-state index is -0.438. The third kappa shape index (κ3) is 5.99. The number of benzene rings is 2. The van der Waals surface area contributed by atoms with Crippen molar-refractivity contribution in [3.05, 3.63) is 76.2 Å². The Kier molecular flexibility index (Phi) is 8.16. The number of nitrogens with zero attached hydrogens (tertiary/aromatic N) is 5. The summed E-state index contributed by atoms with van der Waals surface area (Å²) in [7, 11) is 0. The van der Waals surface area contributed by atoms with E-state index in [1.54, 1.807) is 32.7 Å². The van der Waals surface area contributed by atoms with Gasteiger partial charge in [-0.15, -0.1) is 11.8 Å². The number of carbonyl (C=O) groups is 3. The summed E-state index contributed by atoms with van der Waals surface area (Å²) in [5, 5.41) is 5.14. The van der Waals surface area contributed by atoms with E-state index in [-0.39, 0.29) is 35.8 Å². The summed E-state index contributed by atoms with van der Waals surface area (Å²) in [5.74, 6) is -0.258. The fourth-order valence-corrected chi connectivity index (χ4v) is 6.67. The summed E-state index contributed by atoms with van der Waals surface area (Å²) in [6.45, 7) is 9.16. The second-order valence-corrected chi connectivity index (χ2v) is 12.9. The lowest BCUT2D eigenvalue weighted by atomic mass is 9.87. The van der Waals surface area contributed by atoms with E-state index in [1.807, 2.05) is 39.0 Å². The van der Waals surface area contributed by atoms with Crippen molar-refractivity contribution in [2.45, 2.75) is 38.4 Å². The molecule has 0 N–H and O–H groups in total. The number of carbonyl (C=O) groups excluding carboxylic acids is 3. The molecule has 1 saturated heterocycles. The third-order valence-corrected chi connectivity index (χ3v) is 8.86. The number of hydrogen-bond acceptors (Lipinski definition) is 5. The zero-order valence-corrected chi connectivity index (χ0v) is 25.1. The highest BCUT2D eigenvalue weighted by molar-refractivity contribution is 8.00. The van der Waals surface area contributed by atoms with Crippen LogP contribution >= 0.6 is 23.4 Å². The van der Waals surface area contributed by atoms with Crippen LogP contribution in [0.15, 0.2) is 48.5 Å². The summed E-state index contributed by atoms with van der Waals surface area (Å²) < 4.78 is 16.2. The first kappa shape index (κ1) is 29.1. The Balaban J connectivity index is 1.66. The van der Waals surface area contributed by atoms with Gasteiger partial charge in [0.15, 0.2) is 0 Å². The molecule has 0 bridgehead atoms. The van der Waals surface area contributed by atoms with Crippen LogP contribution in [0, 0.1) is 5.82 Å². The molecule has 3 aromatic rings. The van der Waals surface area contributed by atoms with E-state index in [2.05, 4.69) is 0 Å². The van der Waals surface area contributed by atoms with Crippen LogP contribution < -0.4 is 4.90 Å². The molecule has 0 aliphatic carbocycles. The number of rotatable bonds is 4. The molecule has 1 fully saturated rings. The van der Waals surface area contributed by atoms with E-state index in [1.165, 1.54) is 35.7 Å². The summed E-state index contributed by atoms with van der Waals surface area (Å²) in [6, 6.07) is 13.6. The van der Waals surface area contributed by atoms with Gasteiger partial charge < -0.3 is 9.80 Å². The maximum Gasteiger partial charge on any atom is 0.242 e. The van der Waals surface area contributed by atoms with Crippen molar-refractivity contribution in [2.24, 2.45) is 0 Å². The van der Waals surface area contributed by atoms with Crippen molar-refractivity contribution in [3.63, 3.8) is 0 Å². The average Bonchev–Trinajstić information content (AvgIpc) is 3.26. The second kappa shape index (κ2) is 11.5. The van der Waals surface area contributed by atoms with Crippen molar-refractivity contribution in [1.82, 2.24) is 19.6 Å². The first-order valence-electron chi connectivity index (χ1n) is 13.5. The second-order valence-electron chi connectivity index (χ2n) is 11.3. The van der Waals surface area contributed by atoms with Gasteiger partial charge in [0.05, 0.1) is 22.4 Å². The molecule has 2 aliphatic rings. The lowest BCUT2D eigenvalue weighted by Gasteiger charge is -2.35. The van der Waals surface area contributed by atoms with Gasteiger partial charge in [-0.2, -0.15) is 5.10 Å². The van der Waals surface area contributed by atoms with Crippen LogP contribution in [0.2, 0.25) is 5.02 Å². The summed E-state index contributed by atoms with van der Waals surface area (Å²) in [5.41, 5.74) is 2.44. The van der Waals surface area contributed by atoms with E-state index in [0.29, 0.717) is 48.3 Å². The van der Waals surface area contributed by atoms with Crippen LogP contribution in [0.25, 0.3) is 5.69 Å². The van der Waals surface area contributed by atoms with Crippen LogP contribution in [0.4, 0.5) is 10.2 Å². The van der Waals surface area contributed by atoms with E-state index in [0.717, 1.165) is 11.3 Å². The topological polar surface area (TPSA) is 78.8 Å². The number of anilines is 1. The number of halogens is 2. The molecular weight excluding hydrogens is 565 g/mol. The number of amides is 3. The fourth-order valence-electron chi connectivity index (χ4n) is 5.30. The minimum absolute atomic E-state index is 0.0232. The molecule has 0 spiro atoms. The SMILES string of the molecule is CC(=O)N1CCN(C(=O)CN2C(=O)CS[C@@H](c3cccc(F)c3)c3c(C(C)(C)C)nn(-c4cccc(Cl)c4)c32)CC1. The molecule has 5 rings (SSSR count). The smallest absolute Gasteiger partial charge is 0.242 e. The predicted octanol–water partition coefficient (Wildman–Crippen LogP) is 4.82. The highest BCUT2D eigenvalue weighted by Gasteiger charge is 2.40. The van der Waals surface area contributed by atoms with Gasteiger partial charge in [0.25, 0.3) is 0 Å². The molecule has 0 saturated carbocycles. The van der Waals surface area contributed by atoms with Crippen molar-refractivity contribution in [2.75, 3.05) is 43.4 Å². The molecule has 1 aromatic heterocycles. The van der Waals surface area contributed by atoms with Gasteiger partial charge in [0.2, 0.25) is 17.7 Å². The Bertz CT molecular complexity index is 1500. The van der Waals surface area contributed by atoms with Crippen LogP contribution in [0.5, 0.6) is 0 Å². The van der Waals surface area contributed by atoms with Gasteiger partial charge in [-0.25, -0.2) is 9.07 Å². The van der Waals surface area contributed by atoms with Crippen molar-refractivity contribution < 1.29 is 18.8 Å². The van der Waals surface area contributed by atoms with Gasteiger partial charge in [0.1, 0.15) is 18.2 Å². The quantitative estimate of drug-likeness (QED) is 0.431. The van der Waals surface area contributed by atoms with E-state index in [9.17, 15) is 18.8 Å². The van der Waals surface area contributed by atoms with E-state index in [4.69, 9.17) is 16.7 Å². The van der Waals surface area contributed by atoms with Crippen molar-refractivity contribution in [1.29, 1.82) is 0 Å². The fraction of sp³-hybridized carbons (Fsp3) is 0.400. The van der Waals surface area contributed by atoms with E-state index < -0.39 is 10.7 Å². The molecular formula is C30H33ClFN5O3S. The first-order valence-corrected chi connectivity index (χ1v) is 15.0. The molecule has 216 valence electrons. The summed E-state index contributed by atoms with van der Waals surface area (Å²) in [6.07, 6.45) is 0. The minimum Gasteiger partial charge on any atom is -0.339 e. The lowest BCUT2D eigenvalue weighted by Crippen LogP contribution is -2.53. The van der Waals surface area contributed by atoms with Gasteiger partial charge in [-0.1, -0.05) is 50.6 Å². The summed E-state index contributed by atoms with van der Waals surface area (Å²) >= 11 is 7.78. The van der Waals surface area contributed by atoms with Gasteiger partial charge in [0, 0.05) is 49.1 Å². The molecule has 3 amide bonds. The number of aromatic nitrogens is 2. The maximum absolute atomic E-state index is 14.5. The van der Waals surface area contributed by atoms with Crippen LogP contribution in [-0.2, 0) is 19.8 Å². The largest absolute Gasteiger partial charge is 0.339 e. The number of thioether (sulfide) groups is 1. The normalized spacial score (nSPS) is 17.9. The Morgan fingerprint density at radius 2 is 1.73 bits per heavy atom. The maximum atomic E-state index is 14.5.